The third-order valence-corrected chi connectivity index (χ3v) is 3.40. The number of aromatic amines is 1. The topological polar surface area (TPSA) is 46.0 Å². The highest BCUT2D eigenvalue weighted by atomic mass is 32.1. The molecular weight excluding hydrogens is 299 g/mol. The molecule has 3 aromatic rings. The van der Waals surface area contributed by atoms with Crippen LogP contribution < -0.4 is 0 Å². The molecule has 0 fully saturated rings. The minimum absolute atomic E-state index is 0.307. The highest BCUT2D eigenvalue weighted by Crippen LogP contribution is 2.17. The van der Waals surface area contributed by atoms with Crippen LogP contribution in [0.25, 0.3) is 11.4 Å². The van der Waals surface area contributed by atoms with E-state index in [9.17, 15) is 4.39 Å². The molecule has 0 aliphatic rings. The molecule has 3 rings (SSSR count). The van der Waals surface area contributed by atoms with E-state index in [2.05, 4.69) is 15.3 Å². The first-order valence-corrected chi connectivity index (χ1v) is 7.09. The molecular formula is C16H13FN4S. The van der Waals surface area contributed by atoms with E-state index in [0.717, 1.165) is 11.1 Å². The van der Waals surface area contributed by atoms with Crippen molar-refractivity contribution in [2.45, 2.75) is 6.92 Å². The van der Waals surface area contributed by atoms with E-state index in [1.165, 1.54) is 16.8 Å². The van der Waals surface area contributed by atoms with Crippen molar-refractivity contribution in [3.8, 4) is 11.4 Å². The molecule has 1 aromatic heterocycles. The molecule has 0 bridgehead atoms. The molecule has 0 saturated carbocycles. The van der Waals surface area contributed by atoms with Crippen LogP contribution in [0.3, 0.4) is 0 Å². The number of hydrogen-bond donors (Lipinski definition) is 1. The van der Waals surface area contributed by atoms with Gasteiger partial charge in [0, 0.05) is 5.56 Å². The predicted molar refractivity (Wildman–Crippen MR) is 87.0 cm³/mol. The first-order valence-electron chi connectivity index (χ1n) is 6.68. The molecule has 0 aliphatic heterocycles. The number of nitrogens with one attached hydrogen (secondary N) is 1. The van der Waals surface area contributed by atoms with E-state index >= 15 is 0 Å². The Morgan fingerprint density at radius 1 is 1.23 bits per heavy atom. The summed E-state index contributed by atoms with van der Waals surface area (Å²) in [4.78, 5) is 0. The molecule has 0 radical (unpaired) electrons. The average Bonchev–Trinajstić information content (AvgIpc) is 2.87. The first kappa shape index (κ1) is 14.3. The van der Waals surface area contributed by atoms with Gasteiger partial charge in [-0.3, -0.25) is 0 Å². The SMILES string of the molecule is Cc1ccc(-c2n[nH]c(=S)n2/N=C\c2cccc(F)c2)cc1. The van der Waals surface area contributed by atoms with Crippen molar-refractivity contribution in [2.75, 3.05) is 0 Å². The zero-order valence-electron chi connectivity index (χ0n) is 11.8. The Balaban J connectivity index is 1.99. The Bertz CT molecular complexity index is 878. The number of nitrogens with zero attached hydrogens (tertiary/aromatic N) is 3. The van der Waals surface area contributed by atoms with Gasteiger partial charge in [-0.2, -0.15) is 14.9 Å². The van der Waals surface area contributed by atoms with Crippen LogP contribution in [0.15, 0.2) is 53.6 Å². The van der Waals surface area contributed by atoms with Crippen LogP contribution in [0.4, 0.5) is 4.39 Å². The van der Waals surface area contributed by atoms with Crippen molar-refractivity contribution in [1.82, 2.24) is 14.9 Å². The lowest BCUT2D eigenvalue weighted by atomic mass is 10.1. The second-order valence-corrected chi connectivity index (χ2v) is 5.22. The summed E-state index contributed by atoms with van der Waals surface area (Å²) in [6.07, 6.45) is 1.55. The standard InChI is InChI=1S/C16H13FN4S/c1-11-5-7-13(8-6-11)15-19-20-16(22)21(15)18-10-12-3-2-4-14(17)9-12/h2-10H,1H3,(H,20,22)/b18-10-. The molecule has 2 aromatic carbocycles. The molecule has 0 unspecified atom stereocenters. The van der Waals surface area contributed by atoms with Crippen LogP contribution >= 0.6 is 12.2 Å². The highest BCUT2D eigenvalue weighted by Gasteiger charge is 2.07. The number of rotatable bonds is 3. The van der Waals surface area contributed by atoms with Gasteiger partial charge in [0.1, 0.15) is 5.82 Å². The largest absolute Gasteiger partial charge is 0.250 e. The van der Waals surface area contributed by atoms with Crippen molar-refractivity contribution in [2.24, 2.45) is 5.10 Å². The van der Waals surface area contributed by atoms with Gasteiger partial charge in [-0.1, -0.05) is 42.0 Å². The van der Waals surface area contributed by atoms with Crippen molar-refractivity contribution in [3.63, 3.8) is 0 Å². The molecule has 0 aliphatic carbocycles. The Morgan fingerprint density at radius 2 is 2.00 bits per heavy atom. The second-order valence-electron chi connectivity index (χ2n) is 4.83. The molecule has 4 nitrogen and oxygen atoms in total. The quantitative estimate of drug-likeness (QED) is 0.588. The maximum absolute atomic E-state index is 13.2. The van der Waals surface area contributed by atoms with Gasteiger partial charge in [-0.25, -0.2) is 9.49 Å². The number of benzene rings is 2. The summed E-state index contributed by atoms with van der Waals surface area (Å²) in [6, 6.07) is 14.1. The van der Waals surface area contributed by atoms with E-state index < -0.39 is 0 Å². The smallest absolute Gasteiger partial charge is 0.216 e. The molecule has 1 heterocycles. The van der Waals surface area contributed by atoms with E-state index in [1.807, 2.05) is 31.2 Å². The number of aryl methyl sites for hydroxylation is 1. The third-order valence-electron chi connectivity index (χ3n) is 3.13. The molecule has 110 valence electrons. The van der Waals surface area contributed by atoms with Gasteiger partial charge in [0.25, 0.3) is 0 Å². The Labute approximate surface area is 131 Å². The minimum Gasteiger partial charge on any atom is -0.250 e. The van der Waals surface area contributed by atoms with E-state index in [0.29, 0.717) is 16.2 Å². The van der Waals surface area contributed by atoms with Gasteiger partial charge in [0.05, 0.1) is 6.21 Å². The maximum Gasteiger partial charge on any atom is 0.216 e. The maximum atomic E-state index is 13.2. The van der Waals surface area contributed by atoms with Gasteiger partial charge >= 0.3 is 0 Å². The first-order chi connectivity index (χ1) is 10.6. The molecule has 0 saturated heterocycles. The van der Waals surface area contributed by atoms with Crippen LogP contribution in [0, 0.1) is 17.5 Å². The fourth-order valence-electron chi connectivity index (χ4n) is 2.00. The molecule has 0 atom stereocenters. The lowest BCUT2D eigenvalue weighted by Gasteiger charge is -2.01. The summed E-state index contributed by atoms with van der Waals surface area (Å²) in [6.45, 7) is 2.02. The van der Waals surface area contributed by atoms with Crippen molar-refractivity contribution < 1.29 is 4.39 Å². The van der Waals surface area contributed by atoms with Crippen molar-refractivity contribution in [3.05, 3.63) is 70.2 Å². The van der Waals surface area contributed by atoms with Crippen LogP contribution in [0.1, 0.15) is 11.1 Å². The average molecular weight is 312 g/mol. The highest BCUT2D eigenvalue weighted by molar-refractivity contribution is 7.71. The van der Waals surface area contributed by atoms with Crippen LogP contribution in [-0.2, 0) is 0 Å². The van der Waals surface area contributed by atoms with Gasteiger partial charge in [-0.05, 0) is 36.8 Å². The third kappa shape index (κ3) is 3.01. The predicted octanol–water partition coefficient (Wildman–Crippen LogP) is 3.94. The summed E-state index contributed by atoms with van der Waals surface area (Å²) in [5.41, 5.74) is 2.71. The van der Waals surface area contributed by atoms with E-state index in [4.69, 9.17) is 12.2 Å². The summed E-state index contributed by atoms with van der Waals surface area (Å²) in [5, 5.41) is 11.2. The number of hydrogen-bond acceptors (Lipinski definition) is 3. The summed E-state index contributed by atoms with van der Waals surface area (Å²) >= 11 is 5.20. The Hall–Kier alpha value is -2.60. The fourth-order valence-corrected chi connectivity index (χ4v) is 2.18. The molecule has 0 spiro atoms. The lowest BCUT2D eigenvalue weighted by molar-refractivity contribution is 0.627. The van der Waals surface area contributed by atoms with Crippen molar-refractivity contribution in [1.29, 1.82) is 0 Å². The number of aromatic nitrogens is 3. The minimum atomic E-state index is -0.307. The molecule has 0 amide bonds. The molecule has 6 heteroatoms. The van der Waals surface area contributed by atoms with Gasteiger partial charge < -0.3 is 0 Å². The molecule has 22 heavy (non-hydrogen) atoms. The summed E-state index contributed by atoms with van der Waals surface area (Å²) < 4.78 is 15.1. The molecule has 1 N–H and O–H groups in total. The zero-order chi connectivity index (χ0) is 15.5. The van der Waals surface area contributed by atoms with E-state index in [1.54, 1.807) is 18.3 Å². The Morgan fingerprint density at radius 3 is 2.73 bits per heavy atom. The lowest BCUT2D eigenvalue weighted by Crippen LogP contribution is -1.95. The number of halogens is 1. The van der Waals surface area contributed by atoms with Gasteiger partial charge in [0.15, 0.2) is 5.82 Å². The van der Waals surface area contributed by atoms with Crippen LogP contribution in [-0.4, -0.2) is 21.1 Å². The zero-order valence-corrected chi connectivity index (χ0v) is 12.6. The fraction of sp³-hybridized carbons (Fsp3) is 0.0625. The Kier molecular flexibility index (Phi) is 3.93. The summed E-state index contributed by atoms with van der Waals surface area (Å²) in [5.74, 6) is 0.302. The van der Waals surface area contributed by atoms with E-state index in [-0.39, 0.29) is 5.82 Å². The number of H-pyrrole nitrogens is 1. The van der Waals surface area contributed by atoms with Crippen molar-refractivity contribution >= 4 is 18.4 Å². The van der Waals surface area contributed by atoms with Crippen LogP contribution in [0.5, 0.6) is 0 Å². The normalized spacial score (nSPS) is 11.2. The van der Waals surface area contributed by atoms with Crippen LogP contribution in [0.2, 0.25) is 0 Å². The van der Waals surface area contributed by atoms with Gasteiger partial charge in [0.2, 0.25) is 4.77 Å². The summed E-state index contributed by atoms with van der Waals surface area (Å²) in [7, 11) is 0. The second kappa shape index (κ2) is 6.03. The monoisotopic (exact) mass is 312 g/mol. The van der Waals surface area contributed by atoms with Gasteiger partial charge in [-0.15, -0.1) is 0 Å².